The van der Waals surface area contributed by atoms with E-state index in [2.05, 4.69) is 13.2 Å². The van der Waals surface area contributed by atoms with E-state index >= 15 is 0 Å². The van der Waals surface area contributed by atoms with Crippen molar-refractivity contribution in [3.63, 3.8) is 0 Å². The minimum atomic E-state index is 1.17. The molecule has 0 spiro atoms. The maximum absolute atomic E-state index is 3.56. The summed E-state index contributed by atoms with van der Waals surface area (Å²) >= 11 is 0. The van der Waals surface area contributed by atoms with Crippen LogP contribution in [0.15, 0.2) is 24.8 Å². The summed E-state index contributed by atoms with van der Waals surface area (Å²) in [6.07, 6.45) is 1.75. The Morgan fingerprint density at radius 3 is 1.22 bits per heavy atom. The molecule has 0 fully saturated rings. The van der Waals surface area contributed by atoms with Gasteiger partial charge in [0.25, 0.3) is 0 Å². The second-order valence-electron chi connectivity index (χ2n) is 1.62. The molecule has 0 heterocycles. The van der Waals surface area contributed by atoms with Crippen molar-refractivity contribution in [1.29, 1.82) is 0 Å². The highest BCUT2D eigenvalue weighted by Gasteiger charge is 1.51. The lowest BCUT2D eigenvalue weighted by molar-refractivity contribution is 1.42. The van der Waals surface area contributed by atoms with Crippen LogP contribution in [0.3, 0.4) is 0 Å². The van der Waals surface area contributed by atoms with Crippen molar-refractivity contribution < 1.29 is 0 Å². The van der Waals surface area contributed by atoms with Gasteiger partial charge in [-0.2, -0.15) is 0 Å². The van der Waals surface area contributed by atoms with Gasteiger partial charge in [0.1, 0.15) is 0 Å². The highest BCUT2D eigenvalue weighted by atomic mass is 13.6. The molecular formula is C9H20. The van der Waals surface area contributed by atoms with Crippen LogP contribution in [0.4, 0.5) is 0 Å². The quantitative estimate of drug-likeness (QED) is 0.435. The number of hydrogen-bond donors (Lipinski definition) is 0. The average Bonchev–Trinajstić information content (AvgIpc) is 1.71. The molecule has 0 heteroatoms. The van der Waals surface area contributed by atoms with Crippen molar-refractivity contribution >= 4 is 0 Å². The van der Waals surface area contributed by atoms with E-state index in [-0.39, 0.29) is 0 Å². The molecule has 0 N–H and O–H groups in total. The number of allylic oxidation sites excluding steroid dienone is 2. The first-order chi connectivity index (χ1) is 4.15. The summed E-state index contributed by atoms with van der Waals surface area (Å²) in [6.45, 7) is 16.8. The summed E-state index contributed by atoms with van der Waals surface area (Å²) in [4.78, 5) is 0. The Labute approximate surface area is 60.3 Å². The minimum Gasteiger partial charge on any atom is -0.103 e. The topological polar surface area (TPSA) is 0 Å². The molecule has 0 radical (unpaired) electrons. The van der Waals surface area contributed by atoms with E-state index in [1.165, 1.54) is 5.57 Å². The second kappa shape index (κ2) is 25.9. The fourth-order valence-electron chi connectivity index (χ4n) is 0. The normalized spacial score (nSPS) is 5.00. The third-order valence-corrected chi connectivity index (χ3v) is 0. The molecule has 56 valence electrons. The molecular weight excluding hydrogens is 108 g/mol. The first-order valence-electron chi connectivity index (χ1n) is 3.34. The Morgan fingerprint density at radius 2 is 1.22 bits per heavy atom. The average molecular weight is 128 g/mol. The van der Waals surface area contributed by atoms with Gasteiger partial charge < -0.3 is 0 Å². The third-order valence-electron chi connectivity index (χ3n) is 0. The monoisotopic (exact) mass is 128 g/mol. The summed E-state index contributed by atoms with van der Waals surface area (Å²) in [6, 6.07) is 0. The molecule has 0 aliphatic carbocycles. The lowest BCUT2D eigenvalue weighted by Gasteiger charge is -1.65. The van der Waals surface area contributed by atoms with Gasteiger partial charge in [0.05, 0.1) is 0 Å². The summed E-state index contributed by atoms with van der Waals surface area (Å²) < 4.78 is 0. The lowest BCUT2D eigenvalue weighted by atomic mass is 10.4. The van der Waals surface area contributed by atoms with Crippen LogP contribution in [0.25, 0.3) is 0 Å². The zero-order chi connectivity index (χ0) is 8.28. The SMILES string of the molecule is C=C(C)C.C=CC.CC. The second-order valence-corrected chi connectivity index (χ2v) is 1.62. The maximum Gasteiger partial charge on any atom is -0.0445 e. The Balaban J connectivity index is -0.0000000646. The van der Waals surface area contributed by atoms with Crippen LogP contribution in [-0.4, -0.2) is 0 Å². The van der Waals surface area contributed by atoms with E-state index in [1.807, 2.05) is 34.6 Å². The maximum atomic E-state index is 3.56. The molecule has 0 amide bonds. The van der Waals surface area contributed by atoms with E-state index in [9.17, 15) is 0 Å². The predicted octanol–water partition coefficient (Wildman–Crippen LogP) is 3.80. The number of hydrogen-bond acceptors (Lipinski definition) is 0. The Hall–Kier alpha value is -0.520. The van der Waals surface area contributed by atoms with Gasteiger partial charge in [-0.05, 0) is 20.8 Å². The third kappa shape index (κ3) is 831. The fourth-order valence-corrected chi connectivity index (χ4v) is 0. The lowest BCUT2D eigenvalue weighted by Crippen LogP contribution is -1.43. The van der Waals surface area contributed by atoms with Gasteiger partial charge in [0, 0.05) is 0 Å². The van der Waals surface area contributed by atoms with Gasteiger partial charge in [0.15, 0.2) is 0 Å². The largest absolute Gasteiger partial charge is 0.103 e. The molecule has 0 aromatic rings. The van der Waals surface area contributed by atoms with Crippen LogP contribution in [0, 0.1) is 0 Å². The van der Waals surface area contributed by atoms with Crippen LogP contribution in [0.5, 0.6) is 0 Å². The van der Waals surface area contributed by atoms with Crippen LogP contribution in [0.2, 0.25) is 0 Å². The summed E-state index contributed by atoms with van der Waals surface area (Å²) in [5.41, 5.74) is 1.17. The van der Waals surface area contributed by atoms with E-state index in [0.29, 0.717) is 0 Å². The molecule has 0 saturated carbocycles. The number of rotatable bonds is 0. The summed E-state index contributed by atoms with van der Waals surface area (Å²) in [5.74, 6) is 0. The summed E-state index contributed by atoms with van der Waals surface area (Å²) in [7, 11) is 0. The van der Waals surface area contributed by atoms with Gasteiger partial charge >= 0.3 is 0 Å². The smallest absolute Gasteiger partial charge is 0.0445 e. The van der Waals surface area contributed by atoms with Crippen LogP contribution in [-0.2, 0) is 0 Å². The van der Waals surface area contributed by atoms with Crippen molar-refractivity contribution in [2.75, 3.05) is 0 Å². The zero-order valence-corrected chi connectivity index (χ0v) is 7.49. The Morgan fingerprint density at radius 1 is 1.22 bits per heavy atom. The van der Waals surface area contributed by atoms with E-state index in [4.69, 9.17) is 0 Å². The van der Waals surface area contributed by atoms with Gasteiger partial charge in [0.2, 0.25) is 0 Å². The first-order valence-corrected chi connectivity index (χ1v) is 3.34. The van der Waals surface area contributed by atoms with Crippen molar-refractivity contribution in [2.45, 2.75) is 34.6 Å². The van der Waals surface area contributed by atoms with Crippen molar-refractivity contribution in [3.05, 3.63) is 24.8 Å². The molecule has 0 aromatic heterocycles. The van der Waals surface area contributed by atoms with Gasteiger partial charge in [-0.25, -0.2) is 0 Å². The molecule has 0 aliphatic heterocycles. The van der Waals surface area contributed by atoms with Gasteiger partial charge in [-0.15, -0.1) is 13.2 Å². The van der Waals surface area contributed by atoms with Crippen molar-refractivity contribution in [1.82, 2.24) is 0 Å². The zero-order valence-electron chi connectivity index (χ0n) is 7.49. The highest BCUT2D eigenvalue weighted by Crippen LogP contribution is 1.73. The van der Waals surface area contributed by atoms with Crippen LogP contribution in [0.1, 0.15) is 34.6 Å². The standard InChI is InChI=1S/C4H8.C3H6.C2H6/c1-4(2)3;1-3-2;1-2/h1H2,2-3H3;3H,1H2,2H3;1-2H3. The van der Waals surface area contributed by atoms with Gasteiger partial charge in [-0.1, -0.05) is 25.5 Å². The van der Waals surface area contributed by atoms with E-state index < -0.39 is 0 Å². The van der Waals surface area contributed by atoms with E-state index in [1.54, 1.807) is 6.08 Å². The van der Waals surface area contributed by atoms with Crippen molar-refractivity contribution in [2.24, 2.45) is 0 Å². The Bertz CT molecular complexity index is 47.1. The molecule has 0 bridgehead atoms. The van der Waals surface area contributed by atoms with Crippen LogP contribution < -0.4 is 0 Å². The molecule has 0 rings (SSSR count). The summed E-state index contributed by atoms with van der Waals surface area (Å²) in [5, 5.41) is 0. The molecule has 0 saturated heterocycles. The van der Waals surface area contributed by atoms with Gasteiger partial charge in [-0.3, -0.25) is 0 Å². The van der Waals surface area contributed by atoms with Crippen molar-refractivity contribution in [3.8, 4) is 0 Å². The molecule has 0 aromatic carbocycles. The molecule has 9 heavy (non-hydrogen) atoms. The van der Waals surface area contributed by atoms with Crippen LogP contribution >= 0.6 is 0 Å². The van der Waals surface area contributed by atoms with E-state index in [0.717, 1.165) is 0 Å². The molecule has 0 aliphatic rings. The molecule has 0 atom stereocenters. The highest BCUT2D eigenvalue weighted by molar-refractivity contribution is 4.78. The fraction of sp³-hybridized carbons (Fsp3) is 0.556. The molecule has 0 nitrogen and oxygen atoms in total. The Kier molecular flexibility index (Phi) is 45.5. The molecule has 0 unspecified atom stereocenters. The first kappa shape index (κ1) is 15.8. The predicted molar refractivity (Wildman–Crippen MR) is 47.7 cm³/mol. The minimum absolute atomic E-state index is 1.17.